The van der Waals surface area contributed by atoms with Crippen molar-refractivity contribution in [2.75, 3.05) is 0 Å². The standard InChI is InChI=1S/C16H17N3O2S/c1-10-9-13(15(20)21-10)22-16-18-17-14(11-7-8-11)19(16)12-5-3-2-4-6-12/h2-6,10-11,13H,7-9H2,1H3. The van der Waals surface area contributed by atoms with Gasteiger partial charge < -0.3 is 4.74 Å². The van der Waals surface area contributed by atoms with Gasteiger partial charge in [0.05, 0.1) is 0 Å². The fourth-order valence-corrected chi connectivity index (χ4v) is 3.89. The SMILES string of the molecule is CC1CC(Sc2nnc(C3CC3)n2-c2ccccc2)C(=O)O1. The van der Waals surface area contributed by atoms with Crippen LogP contribution in [0.15, 0.2) is 35.5 Å². The second kappa shape index (κ2) is 5.43. The number of cyclic esters (lactones) is 1. The van der Waals surface area contributed by atoms with Crippen molar-refractivity contribution in [3.05, 3.63) is 36.2 Å². The summed E-state index contributed by atoms with van der Waals surface area (Å²) in [5, 5.41) is 9.32. The van der Waals surface area contributed by atoms with E-state index in [-0.39, 0.29) is 17.3 Å². The first-order valence-corrected chi connectivity index (χ1v) is 8.48. The van der Waals surface area contributed by atoms with Crippen LogP contribution in [-0.4, -0.2) is 32.1 Å². The first-order valence-electron chi connectivity index (χ1n) is 7.60. The van der Waals surface area contributed by atoms with Crippen molar-refractivity contribution in [2.24, 2.45) is 0 Å². The lowest BCUT2D eigenvalue weighted by Crippen LogP contribution is -2.11. The average Bonchev–Trinajstić information content (AvgIpc) is 3.20. The molecule has 1 aliphatic heterocycles. The van der Waals surface area contributed by atoms with Crippen LogP contribution in [0, 0.1) is 0 Å². The van der Waals surface area contributed by atoms with E-state index >= 15 is 0 Å². The van der Waals surface area contributed by atoms with E-state index in [1.54, 1.807) is 0 Å². The summed E-state index contributed by atoms with van der Waals surface area (Å²) in [5.41, 5.74) is 1.05. The molecule has 1 aromatic carbocycles. The van der Waals surface area contributed by atoms with Crippen molar-refractivity contribution in [1.29, 1.82) is 0 Å². The number of carbonyl (C=O) groups excluding carboxylic acids is 1. The Morgan fingerprint density at radius 3 is 2.64 bits per heavy atom. The van der Waals surface area contributed by atoms with Crippen molar-refractivity contribution < 1.29 is 9.53 Å². The van der Waals surface area contributed by atoms with Crippen molar-refractivity contribution in [2.45, 2.75) is 48.6 Å². The Kier molecular flexibility index (Phi) is 3.41. The third kappa shape index (κ3) is 2.52. The number of para-hydroxylation sites is 1. The Bertz CT molecular complexity index is 697. The first-order chi connectivity index (χ1) is 10.7. The zero-order chi connectivity index (χ0) is 15.1. The summed E-state index contributed by atoms with van der Waals surface area (Å²) in [6, 6.07) is 10.1. The molecule has 0 N–H and O–H groups in total. The summed E-state index contributed by atoms with van der Waals surface area (Å²) in [4.78, 5) is 11.9. The minimum absolute atomic E-state index is 0.0130. The third-order valence-electron chi connectivity index (χ3n) is 3.99. The molecule has 2 fully saturated rings. The van der Waals surface area contributed by atoms with Crippen LogP contribution >= 0.6 is 11.8 Å². The number of aromatic nitrogens is 3. The Labute approximate surface area is 133 Å². The molecule has 4 rings (SSSR count). The number of rotatable bonds is 4. The van der Waals surface area contributed by atoms with Gasteiger partial charge in [-0.3, -0.25) is 9.36 Å². The zero-order valence-corrected chi connectivity index (χ0v) is 13.1. The molecule has 0 spiro atoms. The smallest absolute Gasteiger partial charge is 0.319 e. The fourth-order valence-electron chi connectivity index (χ4n) is 2.73. The molecule has 2 aliphatic rings. The maximum Gasteiger partial charge on any atom is 0.319 e. The number of esters is 1. The second-order valence-electron chi connectivity index (χ2n) is 5.88. The molecule has 0 amide bonds. The van der Waals surface area contributed by atoms with E-state index in [1.165, 1.54) is 11.8 Å². The molecule has 6 heteroatoms. The van der Waals surface area contributed by atoms with Crippen LogP contribution in [0.3, 0.4) is 0 Å². The number of ether oxygens (including phenoxy) is 1. The van der Waals surface area contributed by atoms with Gasteiger partial charge in [-0.05, 0) is 31.9 Å². The summed E-state index contributed by atoms with van der Waals surface area (Å²) in [6.45, 7) is 1.93. The molecule has 0 radical (unpaired) electrons. The van der Waals surface area contributed by atoms with Gasteiger partial charge in [0.1, 0.15) is 17.2 Å². The van der Waals surface area contributed by atoms with Crippen molar-refractivity contribution in [3.8, 4) is 5.69 Å². The van der Waals surface area contributed by atoms with Crippen LogP contribution in [0.2, 0.25) is 0 Å². The molecule has 2 unspecified atom stereocenters. The number of carbonyl (C=O) groups is 1. The molecule has 0 bridgehead atoms. The van der Waals surface area contributed by atoms with Crippen LogP contribution in [0.4, 0.5) is 0 Å². The fraction of sp³-hybridized carbons (Fsp3) is 0.438. The molecule has 1 saturated carbocycles. The van der Waals surface area contributed by atoms with Crippen LogP contribution < -0.4 is 0 Å². The van der Waals surface area contributed by atoms with E-state index in [9.17, 15) is 4.79 Å². The number of thioether (sulfide) groups is 1. The largest absolute Gasteiger partial charge is 0.462 e. The first kappa shape index (κ1) is 13.8. The Morgan fingerprint density at radius 1 is 1.23 bits per heavy atom. The number of hydrogen-bond donors (Lipinski definition) is 0. The lowest BCUT2D eigenvalue weighted by atomic mass is 10.3. The van der Waals surface area contributed by atoms with Gasteiger partial charge in [-0.2, -0.15) is 0 Å². The molecule has 2 atom stereocenters. The van der Waals surface area contributed by atoms with Gasteiger partial charge in [-0.15, -0.1) is 10.2 Å². The van der Waals surface area contributed by atoms with Crippen LogP contribution in [0.1, 0.15) is 37.9 Å². The van der Waals surface area contributed by atoms with Crippen LogP contribution in [-0.2, 0) is 9.53 Å². The summed E-state index contributed by atoms with van der Waals surface area (Å²) in [7, 11) is 0. The molecule has 114 valence electrons. The van der Waals surface area contributed by atoms with E-state index in [2.05, 4.69) is 26.9 Å². The summed E-state index contributed by atoms with van der Waals surface area (Å²) in [5.74, 6) is 1.36. The molecule has 2 aromatic rings. The summed E-state index contributed by atoms with van der Waals surface area (Å²) >= 11 is 1.47. The minimum Gasteiger partial charge on any atom is -0.462 e. The predicted molar refractivity (Wildman–Crippen MR) is 83.2 cm³/mol. The van der Waals surface area contributed by atoms with Gasteiger partial charge in [-0.25, -0.2) is 0 Å². The molecular formula is C16H17N3O2S. The number of hydrogen-bond acceptors (Lipinski definition) is 5. The van der Waals surface area contributed by atoms with Gasteiger partial charge in [0, 0.05) is 18.0 Å². The summed E-state index contributed by atoms with van der Waals surface area (Å²) < 4.78 is 7.34. The van der Waals surface area contributed by atoms with E-state index in [1.807, 2.05) is 25.1 Å². The van der Waals surface area contributed by atoms with Crippen LogP contribution in [0.25, 0.3) is 5.69 Å². The highest BCUT2D eigenvalue weighted by atomic mass is 32.2. The highest BCUT2D eigenvalue weighted by Crippen LogP contribution is 2.42. The highest BCUT2D eigenvalue weighted by molar-refractivity contribution is 8.00. The molecule has 1 aromatic heterocycles. The van der Waals surface area contributed by atoms with Crippen molar-refractivity contribution in [1.82, 2.24) is 14.8 Å². The Balaban J connectivity index is 1.69. The topological polar surface area (TPSA) is 57.0 Å². The molecular weight excluding hydrogens is 298 g/mol. The second-order valence-corrected chi connectivity index (χ2v) is 7.05. The zero-order valence-electron chi connectivity index (χ0n) is 12.3. The number of nitrogens with zero attached hydrogens (tertiary/aromatic N) is 3. The predicted octanol–water partition coefficient (Wildman–Crippen LogP) is 2.94. The Morgan fingerprint density at radius 2 is 2.00 bits per heavy atom. The lowest BCUT2D eigenvalue weighted by Gasteiger charge is -2.11. The van der Waals surface area contributed by atoms with Crippen LogP contribution in [0.5, 0.6) is 0 Å². The molecule has 2 heterocycles. The molecule has 1 saturated heterocycles. The summed E-state index contributed by atoms with van der Waals surface area (Å²) in [6.07, 6.45) is 3.04. The van der Waals surface area contributed by atoms with Crippen molar-refractivity contribution in [3.63, 3.8) is 0 Å². The third-order valence-corrected chi connectivity index (χ3v) is 5.13. The van der Waals surface area contributed by atoms with Gasteiger partial charge in [0.15, 0.2) is 5.16 Å². The maximum absolute atomic E-state index is 11.9. The normalized spacial score (nSPS) is 24.5. The van der Waals surface area contributed by atoms with E-state index < -0.39 is 0 Å². The average molecular weight is 315 g/mol. The van der Waals surface area contributed by atoms with Gasteiger partial charge in [-0.1, -0.05) is 30.0 Å². The maximum atomic E-state index is 11.9. The highest BCUT2D eigenvalue weighted by Gasteiger charge is 2.36. The van der Waals surface area contributed by atoms with Gasteiger partial charge >= 0.3 is 5.97 Å². The minimum atomic E-state index is -0.186. The lowest BCUT2D eigenvalue weighted by molar-refractivity contribution is -0.140. The quantitative estimate of drug-likeness (QED) is 0.812. The number of benzene rings is 1. The van der Waals surface area contributed by atoms with Gasteiger partial charge in [0.2, 0.25) is 0 Å². The molecule has 22 heavy (non-hydrogen) atoms. The van der Waals surface area contributed by atoms with E-state index in [0.717, 1.165) is 35.9 Å². The van der Waals surface area contributed by atoms with E-state index in [0.29, 0.717) is 5.92 Å². The molecule has 5 nitrogen and oxygen atoms in total. The van der Waals surface area contributed by atoms with Crippen molar-refractivity contribution >= 4 is 17.7 Å². The monoisotopic (exact) mass is 315 g/mol. The van der Waals surface area contributed by atoms with Gasteiger partial charge in [0.25, 0.3) is 0 Å². The Hall–Kier alpha value is -1.82. The molecule has 1 aliphatic carbocycles. The van der Waals surface area contributed by atoms with E-state index in [4.69, 9.17) is 4.74 Å².